The molecule has 0 bridgehead atoms. The van der Waals surface area contributed by atoms with E-state index in [2.05, 4.69) is 37.0 Å². The summed E-state index contributed by atoms with van der Waals surface area (Å²) in [6.07, 6.45) is 5.71. The minimum atomic E-state index is -0.414. The standard InChI is InChI=1S/C20H20N6O/c1-25-12-23-17-9-22-20(24-19(17)25)26-10-14(18(27)11-26)8-13-6-7-21-16-5-3-2-4-15(13)16/h2-7,9,12,14,18,27H,8,10-11H2,1H3/t14-,18+/m1/s1. The van der Waals surface area contributed by atoms with Gasteiger partial charge in [-0.05, 0) is 24.1 Å². The number of aromatic nitrogens is 5. The molecule has 3 aromatic heterocycles. The number of aryl methyl sites for hydroxylation is 1. The van der Waals surface area contributed by atoms with Gasteiger partial charge in [0, 0.05) is 37.6 Å². The predicted octanol–water partition coefficient (Wildman–Crippen LogP) is 1.95. The van der Waals surface area contributed by atoms with E-state index in [-0.39, 0.29) is 5.92 Å². The van der Waals surface area contributed by atoms with Gasteiger partial charge < -0.3 is 14.6 Å². The zero-order chi connectivity index (χ0) is 18.4. The van der Waals surface area contributed by atoms with Crippen LogP contribution >= 0.6 is 0 Å². The van der Waals surface area contributed by atoms with E-state index < -0.39 is 6.10 Å². The first-order valence-corrected chi connectivity index (χ1v) is 9.09. The number of pyridine rings is 1. The first kappa shape index (κ1) is 16.1. The van der Waals surface area contributed by atoms with Crippen LogP contribution in [0.15, 0.2) is 49.1 Å². The van der Waals surface area contributed by atoms with Gasteiger partial charge in [0.1, 0.15) is 5.52 Å². The first-order valence-electron chi connectivity index (χ1n) is 9.09. The molecule has 1 aromatic carbocycles. The second-order valence-electron chi connectivity index (χ2n) is 7.16. The molecule has 136 valence electrons. The number of benzene rings is 1. The maximum Gasteiger partial charge on any atom is 0.227 e. The highest BCUT2D eigenvalue weighted by atomic mass is 16.3. The topological polar surface area (TPSA) is 80.0 Å². The van der Waals surface area contributed by atoms with Gasteiger partial charge >= 0.3 is 0 Å². The van der Waals surface area contributed by atoms with E-state index in [0.29, 0.717) is 12.5 Å². The summed E-state index contributed by atoms with van der Waals surface area (Å²) in [5, 5.41) is 11.8. The molecule has 4 heterocycles. The Balaban J connectivity index is 1.41. The molecule has 0 saturated carbocycles. The van der Waals surface area contributed by atoms with Gasteiger partial charge in [0.05, 0.1) is 24.1 Å². The van der Waals surface area contributed by atoms with E-state index in [4.69, 9.17) is 0 Å². The lowest BCUT2D eigenvalue weighted by Crippen LogP contribution is -2.23. The molecular formula is C20H20N6O. The Kier molecular flexibility index (Phi) is 3.75. The van der Waals surface area contributed by atoms with Crippen LogP contribution in [0.1, 0.15) is 5.56 Å². The van der Waals surface area contributed by atoms with Crippen molar-refractivity contribution in [3.05, 3.63) is 54.6 Å². The number of para-hydroxylation sites is 1. The van der Waals surface area contributed by atoms with E-state index in [1.165, 1.54) is 5.56 Å². The molecule has 0 unspecified atom stereocenters. The van der Waals surface area contributed by atoms with Crippen molar-refractivity contribution in [3.8, 4) is 0 Å². The Hall–Kier alpha value is -3.06. The van der Waals surface area contributed by atoms with Crippen LogP contribution in [-0.4, -0.2) is 48.8 Å². The number of hydrogen-bond donors (Lipinski definition) is 1. The Bertz CT molecular complexity index is 1120. The van der Waals surface area contributed by atoms with Crippen LogP contribution in [0.5, 0.6) is 0 Å². The summed E-state index contributed by atoms with van der Waals surface area (Å²) in [6, 6.07) is 10.2. The molecule has 1 aliphatic rings. The minimum Gasteiger partial charge on any atom is -0.391 e. The number of aliphatic hydroxyl groups excluding tert-OH is 1. The Morgan fingerprint density at radius 2 is 1.96 bits per heavy atom. The third-order valence-electron chi connectivity index (χ3n) is 5.35. The molecular weight excluding hydrogens is 340 g/mol. The molecule has 7 heteroatoms. The largest absolute Gasteiger partial charge is 0.391 e. The number of nitrogens with zero attached hydrogens (tertiary/aromatic N) is 6. The van der Waals surface area contributed by atoms with Gasteiger partial charge in [-0.3, -0.25) is 4.98 Å². The van der Waals surface area contributed by atoms with Gasteiger partial charge in [-0.25, -0.2) is 9.97 Å². The molecule has 1 fully saturated rings. The van der Waals surface area contributed by atoms with E-state index in [0.717, 1.165) is 35.0 Å². The first-order chi connectivity index (χ1) is 13.2. The van der Waals surface area contributed by atoms with Crippen molar-refractivity contribution < 1.29 is 5.11 Å². The second-order valence-corrected chi connectivity index (χ2v) is 7.16. The zero-order valence-electron chi connectivity index (χ0n) is 15.0. The van der Waals surface area contributed by atoms with E-state index in [9.17, 15) is 5.11 Å². The SMILES string of the molecule is Cn1cnc2cnc(N3C[C@@H](Cc4ccnc5ccccc45)[C@@H](O)C3)nc21. The quantitative estimate of drug-likeness (QED) is 0.602. The molecule has 7 nitrogen and oxygen atoms in total. The number of imidazole rings is 1. The van der Waals surface area contributed by atoms with Crippen LogP contribution in [0.2, 0.25) is 0 Å². The van der Waals surface area contributed by atoms with Gasteiger partial charge in [0.15, 0.2) is 5.65 Å². The third kappa shape index (κ3) is 2.80. The van der Waals surface area contributed by atoms with Gasteiger partial charge in [0.25, 0.3) is 0 Å². The molecule has 5 rings (SSSR count). The molecule has 2 atom stereocenters. The zero-order valence-corrected chi connectivity index (χ0v) is 15.0. The predicted molar refractivity (Wildman–Crippen MR) is 103 cm³/mol. The third-order valence-corrected chi connectivity index (χ3v) is 5.35. The second kappa shape index (κ2) is 6.28. The van der Waals surface area contributed by atoms with Crippen molar-refractivity contribution in [2.24, 2.45) is 13.0 Å². The van der Waals surface area contributed by atoms with Gasteiger partial charge in [-0.15, -0.1) is 0 Å². The molecule has 1 aliphatic heterocycles. The van der Waals surface area contributed by atoms with Crippen molar-refractivity contribution in [3.63, 3.8) is 0 Å². The number of β-amino-alcohol motifs (C(OH)–C–C–N with tert-alkyl or cyclic N) is 1. The normalized spacial score (nSPS) is 20.0. The van der Waals surface area contributed by atoms with E-state index in [1.807, 2.05) is 36.0 Å². The maximum atomic E-state index is 10.7. The van der Waals surface area contributed by atoms with E-state index in [1.54, 1.807) is 12.5 Å². The van der Waals surface area contributed by atoms with Crippen LogP contribution in [-0.2, 0) is 13.5 Å². The van der Waals surface area contributed by atoms with Crippen molar-refractivity contribution in [2.75, 3.05) is 18.0 Å². The Morgan fingerprint density at radius 3 is 2.89 bits per heavy atom. The van der Waals surface area contributed by atoms with Crippen LogP contribution in [0.3, 0.4) is 0 Å². The minimum absolute atomic E-state index is 0.127. The summed E-state index contributed by atoms with van der Waals surface area (Å²) in [5.41, 5.74) is 3.79. The Morgan fingerprint density at radius 1 is 1.07 bits per heavy atom. The fourth-order valence-electron chi connectivity index (χ4n) is 3.90. The number of anilines is 1. The number of hydrogen-bond acceptors (Lipinski definition) is 6. The molecule has 0 aliphatic carbocycles. The van der Waals surface area contributed by atoms with Crippen LogP contribution in [0.25, 0.3) is 22.1 Å². The summed E-state index contributed by atoms with van der Waals surface area (Å²) in [6.45, 7) is 1.26. The van der Waals surface area contributed by atoms with Crippen LogP contribution in [0.4, 0.5) is 5.95 Å². The highest BCUT2D eigenvalue weighted by Gasteiger charge is 2.33. The lowest BCUT2D eigenvalue weighted by Gasteiger charge is -2.16. The van der Waals surface area contributed by atoms with Crippen molar-refractivity contribution >= 4 is 28.0 Å². The van der Waals surface area contributed by atoms with Crippen LogP contribution in [0, 0.1) is 5.92 Å². The number of fused-ring (bicyclic) bond motifs is 2. The van der Waals surface area contributed by atoms with Crippen molar-refractivity contribution in [1.82, 2.24) is 24.5 Å². The summed E-state index contributed by atoms with van der Waals surface area (Å²) in [7, 11) is 1.92. The monoisotopic (exact) mass is 360 g/mol. The van der Waals surface area contributed by atoms with Gasteiger partial charge in [-0.1, -0.05) is 18.2 Å². The summed E-state index contributed by atoms with van der Waals surface area (Å²) < 4.78 is 1.88. The lowest BCUT2D eigenvalue weighted by atomic mass is 9.94. The molecule has 0 amide bonds. The van der Waals surface area contributed by atoms with E-state index >= 15 is 0 Å². The smallest absolute Gasteiger partial charge is 0.227 e. The highest BCUT2D eigenvalue weighted by molar-refractivity contribution is 5.81. The van der Waals surface area contributed by atoms with Gasteiger partial charge in [-0.2, -0.15) is 4.98 Å². The molecule has 1 N–H and O–H groups in total. The van der Waals surface area contributed by atoms with Crippen LogP contribution < -0.4 is 4.90 Å². The summed E-state index contributed by atoms with van der Waals surface area (Å²) >= 11 is 0. The van der Waals surface area contributed by atoms with Crippen molar-refractivity contribution in [1.29, 1.82) is 0 Å². The number of rotatable bonds is 3. The molecule has 27 heavy (non-hydrogen) atoms. The average molecular weight is 360 g/mol. The molecule has 4 aromatic rings. The van der Waals surface area contributed by atoms with Gasteiger partial charge in [0.2, 0.25) is 5.95 Å². The molecule has 0 spiro atoms. The van der Waals surface area contributed by atoms with Crippen molar-refractivity contribution in [2.45, 2.75) is 12.5 Å². The highest BCUT2D eigenvalue weighted by Crippen LogP contribution is 2.27. The average Bonchev–Trinajstić information content (AvgIpc) is 3.25. The number of aliphatic hydroxyl groups is 1. The lowest BCUT2D eigenvalue weighted by molar-refractivity contribution is 0.148. The summed E-state index contributed by atoms with van der Waals surface area (Å²) in [4.78, 5) is 19.8. The fraction of sp³-hybridized carbons (Fsp3) is 0.300. The molecule has 0 radical (unpaired) electrons. The maximum absolute atomic E-state index is 10.7. The Labute approximate surface area is 156 Å². The summed E-state index contributed by atoms with van der Waals surface area (Å²) in [5.74, 6) is 0.772. The fourth-order valence-corrected chi connectivity index (χ4v) is 3.90. The molecule has 1 saturated heterocycles.